The van der Waals surface area contributed by atoms with Gasteiger partial charge in [-0.3, -0.25) is 0 Å². The first kappa shape index (κ1) is 13.7. The second-order valence-corrected chi connectivity index (χ2v) is 5.99. The quantitative estimate of drug-likeness (QED) is 0.888. The van der Waals surface area contributed by atoms with E-state index in [1.54, 1.807) is 0 Å². The summed E-state index contributed by atoms with van der Waals surface area (Å²) in [7, 11) is 0. The lowest BCUT2D eigenvalue weighted by atomic mass is 9.87. The number of hydrogen-bond donors (Lipinski definition) is 2. The van der Waals surface area contributed by atoms with E-state index in [0.717, 1.165) is 23.0 Å². The Bertz CT molecular complexity index is 455. The van der Waals surface area contributed by atoms with Crippen molar-refractivity contribution in [1.29, 1.82) is 0 Å². The van der Waals surface area contributed by atoms with Crippen molar-refractivity contribution in [2.45, 2.75) is 44.8 Å². The van der Waals surface area contributed by atoms with Gasteiger partial charge >= 0.3 is 0 Å². The van der Waals surface area contributed by atoms with Gasteiger partial charge in [0.15, 0.2) is 11.5 Å². The molecule has 2 N–H and O–H groups in total. The van der Waals surface area contributed by atoms with Crippen LogP contribution in [0.2, 0.25) is 0 Å². The highest BCUT2D eigenvalue weighted by atomic mass is 16.7. The Hall–Kier alpha value is -1.26. The molecule has 1 heterocycles. The Morgan fingerprint density at radius 3 is 2.75 bits per heavy atom. The fourth-order valence-corrected chi connectivity index (χ4v) is 2.98. The number of benzene rings is 1. The second-order valence-electron chi connectivity index (χ2n) is 5.99. The number of fused-ring (bicyclic) bond motifs is 1. The molecule has 1 saturated carbocycles. The highest BCUT2D eigenvalue weighted by Gasteiger charge is 2.20. The van der Waals surface area contributed by atoms with E-state index in [0.29, 0.717) is 12.6 Å². The van der Waals surface area contributed by atoms with Gasteiger partial charge in [-0.25, -0.2) is 0 Å². The zero-order valence-corrected chi connectivity index (χ0v) is 12.0. The Balaban J connectivity index is 1.52. The molecule has 110 valence electrons. The molecule has 1 aliphatic carbocycles. The lowest BCUT2D eigenvalue weighted by Crippen LogP contribution is -2.35. The predicted octanol–water partition coefficient (Wildman–Crippen LogP) is 2.62. The molecule has 0 amide bonds. The number of aliphatic hydroxyl groups excluding tert-OH is 1. The molecular formula is C16H23NO3. The van der Waals surface area contributed by atoms with E-state index in [1.165, 1.54) is 25.7 Å². The molecule has 0 aromatic heterocycles. The molecule has 1 aromatic rings. The number of rotatable bonds is 4. The molecule has 1 unspecified atom stereocenters. The Morgan fingerprint density at radius 2 is 1.95 bits per heavy atom. The normalized spacial score (nSPS) is 26.5. The highest BCUT2D eigenvalue weighted by molar-refractivity contribution is 5.45. The molecule has 1 aromatic carbocycles. The predicted molar refractivity (Wildman–Crippen MR) is 76.9 cm³/mol. The Labute approximate surface area is 120 Å². The topological polar surface area (TPSA) is 50.7 Å². The van der Waals surface area contributed by atoms with E-state index in [4.69, 9.17) is 9.47 Å². The van der Waals surface area contributed by atoms with E-state index >= 15 is 0 Å². The van der Waals surface area contributed by atoms with Crippen LogP contribution in [0.1, 0.15) is 44.3 Å². The van der Waals surface area contributed by atoms with Crippen LogP contribution in [-0.4, -0.2) is 24.5 Å². The van der Waals surface area contributed by atoms with Crippen molar-refractivity contribution in [2.75, 3.05) is 13.3 Å². The van der Waals surface area contributed by atoms with E-state index in [2.05, 4.69) is 12.2 Å². The highest BCUT2D eigenvalue weighted by Crippen LogP contribution is 2.34. The minimum absolute atomic E-state index is 0.271. The Morgan fingerprint density at radius 1 is 1.20 bits per heavy atom. The van der Waals surface area contributed by atoms with Gasteiger partial charge in [0, 0.05) is 12.6 Å². The third-order valence-corrected chi connectivity index (χ3v) is 4.40. The van der Waals surface area contributed by atoms with Gasteiger partial charge in [0.1, 0.15) is 0 Å². The summed E-state index contributed by atoms with van der Waals surface area (Å²) >= 11 is 0. The molecule has 1 atom stereocenters. The summed E-state index contributed by atoms with van der Waals surface area (Å²) in [5, 5.41) is 13.8. The molecule has 0 radical (unpaired) electrons. The molecule has 1 fully saturated rings. The molecule has 0 bridgehead atoms. The number of aliphatic hydroxyl groups is 1. The molecule has 2 aliphatic rings. The van der Waals surface area contributed by atoms with Crippen LogP contribution in [0.25, 0.3) is 0 Å². The summed E-state index contributed by atoms with van der Waals surface area (Å²) in [6.45, 7) is 3.18. The summed E-state index contributed by atoms with van der Waals surface area (Å²) in [6.07, 6.45) is 4.52. The zero-order valence-electron chi connectivity index (χ0n) is 12.0. The summed E-state index contributed by atoms with van der Waals surface area (Å²) in [6, 6.07) is 6.19. The van der Waals surface area contributed by atoms with Gasteiger partial charge in [-0.05, 0) is 49.3 Å². The largest absolute Gasteiger partial charge is 0.454 e. The summed E-state index contributed by atoms with van der Waals surface area (Å²) in [4.78, 5) is 0. The molecule has 4 heteroatoms. The number of ether oxygens (including phenoxy) is 2. The van der Waals surface area contributed by atoms with E-state index in [9.17, 15) is 5.11 Å². The molecular weight excluding hydrogens is 254 g/mol. The minimum Gasteiger partial charge on any atom is -0.454 e. The van der Waals surface area contributed by atoms with Crippen LogP contribution in [0.5, 0.6) is 11.5 Å². The zero-order chi connectivity index (χ0) is 13.9. The lowest BCUT2D eigenvalue weighted by Gasteiger charge is -2.28. The first-order valence-corrected chi connectivity index (χ1v) is 7.53. The molecule has 20 heavy (non-hydrogen) atoms. The van der Waals surface area contributed by atoms with Crippen molar-refractivity contribution in [3.63, 3.8) is 0 Å². The van der Waals surface area contributed by atoms with Crippen molar-refractivity contribution in [3.05, 3.63) is 23.8 Å². The van der Waals surface area contributed by atoms with Gasteiger partial charge in [-0.2, -0.15) is 0 Å². The fourth-order valence-electron chi connectivity index (χ4n) is 2.98. The summed E-state index contributed by atoms with van der Waals surface area (Å²) in [5.74, 6) is 2.34. The first-order valence-electron chi connectivity index (χ1n) is 7.53. The van der Waals surface area contributed by atoms with Crippen LogP contribution in [0.4, 0.5) is 0 Å². The molecule has 1 aliphatic heterocycles. The molecule has 0 saturated heterocycles. The number of nitrogens with one attached hydrogen (secondary N) is 1. The van der Waals surface area contributed by atoms with Gasteiger partial charge in [-0.1, -0.05) is 13.0 Å². The van der Waals surface area contributed by atoms with E-state index in [1.807, 2.05) is 18.2 Å². The van der Waals surface area contributed by atoms with Gasteiger partial charge in [0.2, 0.25) is 6.79 Å². The average molecular weight is 277 g/mol. The average Bonchev–Trinajstić information content (AvgIpc) is 2.93. The van der Waals surface area contributed by atoms with Crippen molar-refractivity contribution >= 4 is 0 Å². The standard InChI is InChI=1S/C16H23NO3/c1-11-2-5-13(6-3-11)17-9-14(18)12-4-7-15-16(8-12)20-10-19-15/h4,7-8,11,13-14,17-18H,2-3,5-6,9-10H2,1H3. The van der Waals surface area contributed by atoms with Crippen molar-refractivity contribution in [3.8, 4) is 11.5 Å². The fraction of sp³-hybridized carbons (Fsp3) is 0.625. The maximum absolute atomic E-state index is 10.3. The molecule has 0 spiro atoms. The van der Waals surface area contributed by atoms with Crippen LogP contribution in [0.15, 0.2) is 18.2 Å². The van der Waals surface area contributed by atoms with Crippen molar-refractivity contribution < 1.29 is 14.6 Å². The monoisotopic (exact) mass is 277 g/mol. The Kier molecular flexibility index (Phi) is 4.13. The SMILES string of the molecule is CC1CCC(NCC(O)c2ccc3c(c2)OCO3)CC1. The minimum atomic E-state index is -0.496. The van der Waals surface area contributed by atoms with Crippen molar-refractivity contribution in [2.24, 2.45) is 5.92 Å². The lowest BCUT2D eigenvalue weighted by molar-refractivity contribution is 0.162. The van der Waals surface area contributed by atoms with Crippen molar-refractivity contribution in [1.82, 2.24) is 5.32 Å². The third-order valence-electron chi connectivity index (χ3n) is 4.40. The molecule has 4 nitrogen and oxygen atoms in total. The van der Waals surface area contributed by atoms with E-state index < -0.39 is 6.10 Å². The summed E-state index contributed by atoms with van der Waals surface area (Å²) in [5.41, 5.74) is 0.880. The summed E-state index contributed by atoms with van der Waals surface area (Å²) < 4.78 is 10.6. The first-order chi connectivity index (χ1) is 9.72. The van der Waals surface area contributed by atoms with Crippen LogP contribution >= 0.6 is 0 Å². The van der Waals surface area contributed by atoms with Crippen LogP contribution in [0.3, 0.4) is 0 Å². The third kappa shape index (κ3) is 3.07. The maximum Gasteiger partial charge on any atom is 0.231 e. The van der Waals surface area contributed by atoms with Gasteiger partial charge in [0.25, 0.3) is 0 Å². The van der Waals surface area contributed by atoms with Crippen LogP contribution < -0.4 is 14.8 Å². The van der Waals surface area contributed by atoms with Gasteiger partial charge in [0.05, 0.1) is 6.10 Å². The maximum atomic E-state index is 10.3. The smallest absolute Gasteiger partial charge is 0.231 e. The van der Waals surface area contributed by atoms with E-state index in [-0.39, 0.29) is 6.79 Å². The van der Waals surface area contributed by atoms with Gasteiger partial charge < -0.3 is 19.9 Å². The second kappa shape index (κ2) is 6.02. The number of hydrogen-bond acceptors (Lipinski definition) is 4. The molecule has 3 rings (SSSR count). The van der Waals surface area contributed by atoms with Gasteiger partial charge in [-0.15, -0.1) is 0 Å². The van der Waals surface area contributed by atoms with Crippen LogP contribution in [-0.2, 0) is 0 Å². The van der Waals surface area contributed by atoms with Crippen LogP contribution in [0, 0.1) is 5.92 Å².